The Morgan fingerprint density at radius 2 is 1.74 bits per heavy atom. The van der Waals surface area contributed by atoms with E-state index in [1.807, 2.05) is 12.1 Å². The Kier molecular flexibility index (Phi) is 6.65. The number of anilines is 1. The quantitative estimate of drug-likeness (QED) is 0.585. The van der Waals surface area contributed by atoms with Crippen molar-refractivity contribution in [3.8, 4) is 0 Å². The molecule has 0 saturated carbocycles. The molecule has 2 aromatic carbocycles. The number of aliphatic hydroxyl groups is 4. The predicted molar refractivity (Wildman–Crippen MR) is 119 cm³/mol. The summed E-state index contributed by atoms with van der Waals surface area (Å²) in [6.45, 7) is 5.69. The fourth-order valence-electron chi connectivity index (χ4n) is 4.61. The Bertz CT molecular complexity index is 882. The summed E-state index contributed by atoms with van der Waals surface area (Å²) in [7, 11) is 0. The molecule has 5 atom stereocenters. The zero-order chi connectivity index (χ0) is 22.1. The Labute approximate surface area is 183 Å². The number of hydrogen-bond donors (Lipinski definition) is 4. The van der Waals surface area contributed by atoms with Crippen LogP contribution >= 0.6 is 0 Å². The third kappa shape index (κ3) is 4.49. The predicted octanol–water partition coefficient (Wildman–Crippen LogP) is 2.28. The second-order valence-corrected chi connectivity index (χ2v) is 9.06. The summed E-state index contributed by atoms with van der Waals surface area (Å²) in [6.07, 6.45) is -3.63. The Morgan fingerprint density at radius 3 is 2.42 bits per heavy atom. The van der Waals surface area contributed by atoms with Gasteiger partial charge in [0.2, 0.25) is 0 Å². The van der Waals surface area contributed by atoms with Crippen LogP contribution in [0, 0.1) is 0 Å². The average molecular weight is 428 g/mol. The molecule has 1 fully saturated rings. The number of benzene rings is 2. The molecule has 6 nitrogen and oxygen atoms in total. The lowest BCUT2D eigenvalue weighted by Crippen LogP contribution is -2.55. The van der Waals surface area contributed by atoms with E-state index < -0.39 is 37.1 Å². The fourth-order valence-corrected chi connectivity index (χ4v) is 4.61. The lowest BCUT2D eigenvalue weighted by molar-refractivity contribution is -0.231. The van der Waals surface area contributed by atoms with E-state index in [1.165, 1.54) is 16.7 Å². The Hall–Kier alpha value is -1.96. The molecule has 2 aliphatic rings. The number of hydrogen-bond acceptors (Lipinski definition) is 6. The summed E-state index contributed by atoms with van der Waals surface area (Å²) < 4.78 is 5.77. The molecule has 168 valence electrons. The van der Waals surface area contributed by atoms with Gasteiger partial charge < -0.3 is 30.1 Å². The van der Waals surface area contributed by atoms with Gasteiger partial charge in [-0.3, -0.25) is 0 Å². The first-order valence-electron chi connectivity index (χ1n) is 11.2. The second-order valence-electron chi connectivity index (χ2n) is 9.06. The van der Waals surface area contributed by atoms with Gasteiger partial charge in [0.05, 0.1) is 6.61 Å². The zero-order valence-electron chi connectivity index (χ0n) is 18.2. The number of aryl methyl sites for hydroxylation is 1. The smallest absolute Gasteiger partial charge is 0.113 e. The van der Waals surface area contributed by atoms with Crippen molar-refractivity contribution < 1.29 is 25.2 Å². The summed E-state index contributed by atoms with van der Waals surface area (Å²) >= 11 is 0. The van der Waals surface area contributed by atoms with Crippen LogP contribution in [0.3, 0.4) is 0 Å². The maximum Gasteiger partial charge on any atom is 0.113 e. The van der Waals surface area contributed by atoms with Crippen LogP contribution in [0.25, 0.3) is 0 Å². The van der Waals surface area contributed by atoms with E-state index in [-0.39, 0.29) is 0 Å². The summed E-state index contributed by atoms with van der Waals surface area (Å²) in [5.74, 6) is 0.505. The lowest BCUT2D eigenvalue weighted by Gasteiger charge is -2.41. The van der Waals surface area contributed by atoms with E-state index in [4.69, 9.17) is 4.74 Å². The van der Waals surface area contributed by atoms with Gasteiger partial charge in [-0.1, -0.05) is 50.2 Å². The van der Waals surface area contributed by atoms with Crippen LogP contribution in [0.2, 0.25) is 0 Å². The van der Waals surface area contributed by atoms with Gasteiger partial charge in [0.25, 0.3) is 0 Å². The highest BCUT2D eigenvalue weighted by Crippen LogP contribution is 2.37. The topological polar surface area (TPSA) is 93.4 Å². The van der Waals surface area contributed by atoms with Crippen LogP contribution in [0.1, 0.15) is 54.5 Å². The van der Waals surface area contributed by atoms with Crippen LogP contribution in [0.4, 0.5) is 5.69 Å². The fraction of sp³-hybridized carbons (Fsp3) is 0.520. The number of nitrogens with zero attached hydrogens (tertiary/aromatic N) is 1. The van der Waals surface area contributed by atoms with E-state index in [1.54, 1.807) is 0 Å². The molecule has 0 unspecified atom stereocenters. The molecule has 4 rings (SSSR count). The van der Waals surface area contributed by atoms with Crippen molar-refractivity contribution >= 4 is 5.69 Å². The minimum atomic E-state index is -1.37. The van der Waals surface area contributed by atoms with Crippen LogP contribution < -0.4 is 4.90 Å². The average Bonchev–Trinajstić information content (AvgIpc) is 2.78. The monoisotopic (exact) mass is 427 g/mol. The molecule has 2 aliphatic heterocycles. The number of aliphatic hydroxyl groups excluding tert-OH is 4. The summed E-state index contributed by atoms with van der Waals surface area (Å²) in [5, 5.41) is 40.3. The van der Waals surface area contributed by atoms with Gasteiger partial charge in [-0.2, -0.15) is 0 Å². The number of rotatable bonds is 5. The van der Waals surface area contributed by atoms with E-state index in [0.717, 1.165) is 37.2 Å². The first-order valence-corrected chi connectivity index (χ1v) is 11.2. The van der Waals surface area contributed by atoms with Crippen molar-refractivity contribution in [2.45, 2.75) is 69.7 Å². The second kappa shape index (κ2) is 9.27. The van der Waals surface area contributed by atoms with Gasteiger partial charge >= 0.3 is 0 Å². The molecule has 0 aromatic heterocycles. The van der Waals surface area contributed by atoms with Crippen LogP contribution in [0.15, 0.2) is 42.5 Å². The molecular formula is C25H33NO5. The van der Waals surface area contributed by atoms with Crippen molar-refractivity contribution in [1.82, 2.24) is 0 Å². The van der Waals surface area contributed by atoms with Crippen LogP contribution in [0.5, 0.6) is 0 Å². The number of fused-ring (bicyclic) bond motifs is 1. The largest absolute Gasteiger partial charge is 0.394 e. The molecule has 0 amide bonds. The molecule has 31 heavy (non-hydrogen) atoms. The Balaban J connectivity index is 1.59. The number of ether oxygens (including phenoxy) is 1. The Morgan fingerprint density at radius 1 is 1.00 bits per heavy atom. The molecular weight excluding hydrogens is 394 g/mol. The van der Waals surface area contributed by atoms with Gasteiger partial charge in [-0.15, -0.1) is 0 Å². The summed E-state index contributed by atoms with van der Waals surface area (Å²) in [5.41, 5.74) is 5.66. The highest BCUT2D eigenvalue weighted by molar-refractivity contribution is 5.58. The maximum atomic E-state index is 10.5. The first kappa shape index (κ1) is 22.2. The molecule has 0 spiro atoms. The van der Waals surface area contributed by atoms with Gasteiger partial charge in [-0.05, 0) is 47.1 Å². The van der Waals surface area contributed by atoms with E-state index in [9.17, 15) is 20.4 Å². The molecule has 1 saturated heterocycles. The normalized spacial score (nSPS) is 28.6. The minimum absolute atomic E-state index is 0.426. The summed E-state index contributed by atoms with van der Waals surface area (Å²) in [4.78, 5) is 2.34. The zero-order valence-corrected chi connectivity index (χ0v) is 18.2. The molecule has 4 N–H and O–H groups in total. The molecule has 0 radical (unpaired) electrons. The van der Waals surface area contributed by atoms with Crippen LogP contribution in [-0.2, 0) is 17.7 Å². The molecule has 2 heterocycles. The lowest BCUT2D eigenvalue weighted by atomic mass is 9.89. The highest BCUT2D eigenvalue weighted by atomic mass is 16.5. The van der Waals surface area contributed by atoms with Crippen molar-refractivity contribution in [2.24, 2.45) is 0 Å². The van der Waals surface area contributed by atoms with Crippen molar-refractivity contribution in [3.05, 3.63) is 64.7 Å². The molecule has 0 aliphatic carbocycles. The van der Waals surface area contributed by atoms with Gasteiger partial charge in [-0.25, -0.2) is 0 Å². The SMILES string of the molecule is CC(C)c1ccc(CN2CCCc3ccc([C@@H]4O[C@H](CO)[C@@H](O)[C@H](O)[C@H]4O)cc32)cc1. The van der Waals surface area contributed by atoms with E-state index in [0.29, 0.717) is 5.92 Å². The van der Waals surface area contributed by atoms with Gasteiger partial charge in [0.1, 0.15) is 30.5 Å². The van der Waals surface area contributed by atoms with Crippen LogP contribution in [-0.4, -0.2) is 58.0 Å². The van der Waals surface area contributed by atoms with E-state index in [2.05, 4.69) is 49.1 Å². The standard InChI is InChI=1S/C25H33NO5/c1-15(2)17-7-5-16(6-8-17)13-26-11-3-4-18-9-10-19(12-20(18)26)25-24(30)23(29)22(28)21(14-27)31-25/h5-10,12,15,21-25,27-30H,3-4,11,13-14H2,1-2H3/t21-,22-,23+,24-,25+/m1/s1. The molecule has 0 bridgehead atoms. The minimum Gasteiger partial charge on any atom is -0.394 e. The van der Waals surface area contributed by atoms with E-state index >= 15 is 0 Å². The maximum absolute atomic E-state index is 10.5. The van der Waals surface area contributed by atoms with Crippen molar-refractivity contribution in [2.75, 3.05) is 18.1 Å². The van der Waals surface area contributed by atoms with Crippen molar-refractivity contribution in [1.29, 1.82) is 0 Å². The van der Waals surface area contributed by atoms with Crippen molar-refractivity contribution in [3.63, 3.8) is 0 Å². The third-order valence-electron chi connectivity index (χ3n) is 6.56. The van der Waals surface area contributed by atoms with Gasteiger partial charge in [0.15, 0.2) is 0 Å². The molecule has 2 aromatic rings. The third-order valence-corrected chi connectivity index (χ3v) is 6.56. The molecule has 6 heteroatoms. The van der Waals surface area contributed by atoms with Gasteiger partial charge in [0, 0.05) is 18.8 Å². The highest BCUT2D eigenvalue weighted by Gasteiger charge is 2.44. The first-order chi connectivity index (χ1) is 14.9. The summed E-state index contributed by atoms with van der Waals surface area (Å²) in [6, 6.07) is 14.7.